The molecule has 0 fully saturated rings. The van der Waals surface area contributed by atoms with Crippen molar-refractivity contribution in [3.63, 3.8) is 0 Å². The molecule has 0 spiro atoms. The highest BCUT2D eigenvalue weighted by Gasteiger charge is 2.34. The summed E-state index contributed by atoms with van der Waals surface area (Å²) in [4.78, 5) is 29.7. The highest BCUT2D eigenvalue weighted by molar-refractivity contribution is 9.10. The zero-order chi connectivity index (χ0) is 31.7. The topological polar surface area (TPSA) is 86.8 Å². The van der Waals surface area contributed by atoms with Gasteiger partial charge in [0.05, 0.1) is 10.6 Å². The number of nitrogens with one attached hydrogen (secondary N) is 1. The molecule has 4 aromatic carbocycles. The van der Waals surface area contributed by atoms with Crippen LogP contribution in [0.1, 0.15) is 25.0 Å². The summed E-state index contributed by atoms with van der Waals surface area (Å²) < 4.78 is 29.8. The van der Waals surface area contributed by atoms with Crippen LogP contribution >= 0.6 is 27.5 Å². The Kier molecular flexibility index (Phi) is 11.6. The first kappa shape index (κ1) is 33.2. The number of rotatable bonds is 13. The van der Waals surface area contributed by atoms with E-state index in [1.807, 2.05) is 50.2 Å². The Labute approximate surface area is 273 Å². The van der Waals surface area contributed by atoms with Gasteiger partial charge < -0.3 is 10.2 Å². The number of carbonyl (C=O) groups is 2. The predicted octanol–water partition coefficient (Wildman–Crippen LogP) is 6.71. The van der Waals surface area contributed by atoms with Crippen LogP contribution in [0.3, 0.4) is 0 Å². The van der Waals surface area contributed by atoms with Crippen LogP contribution in [0.2, 0.25) is 5.02 Å². The van der Waals surface area contributed by atoms with Gasteiger partial charge in [-0.3, -0.25) is 13.9 Å². The first-order valence-corrected chi connectivity index (χ1v) is 16.8. The standard InChI is InChI=1S/C34H35BrClN3O4S/c1-25(2)22-37-34(41)32(21-26-10-5-3-6-11-26)38(23-27-12-9-13-29(36)20-27)33(40)24-39(30-18-16-28(35)17-19-30)44(42,43)31-14-7-4-8-15-31/h3-20,25,32H,21-24H2,1-2H3,(H,37,41)/t32-/m1/s1. The van der Waals surface area contributed by atoms with E-state index in [9.17, 15) is 18.0 Å². The van der Waals surface area contributed by atoms with Gasteiger partial charge in [-0.15, -0.1) is 0 Å². The Hall–Kier alpha value is -3.66. The van der Waals surface area contributed by atoms with Crippen LogP contribution in [0.5, 0.6) is 0 Å². The molecule has 0 saturated carbocycles. The molecule has 0 aliphatic heterocycles. The molecule has 1 N–H and O–H groups in total. The van der Waals surface area contributed by atoms with E-state index in [2.05, 4.69) is 21.2 Å². The van der Waals surface area contributed by atoms with Crippen LogP contribution in [0, 0.1) is 5.92 Å². The van der Waals surface area contributed by atoms with E-state index in [0.29, 0.717) is 22.8 Å². The number of hydrogen-bond acceptors (Lipinski definition) is 4. The Morgan fingerprint density at radius 1 is 0.841 bits per heavy atom. The second-order valence-corrected chi connectivity index (χ2v) is 14.0. The maximum absolute atomic E-state index is 14.4. The molecule has 44 heavy (non-hydrogen) atoms. The second kappa shape index (κ2) is 15.4. The van der Waals surface area contributed by atoms with Crippen molar-refractivity contribution in [1.29, 1.82) is 0 Å². The normalized spacial score (nSPS) is 12.0. The molecule has 7 nitrogen and oxygen atoms in total. The molecule has 0 aliphatic rings. The van der Waals surface area contributed by atoms with Gasteiger partial charge >= 0.3 is 0 Å². The van der Waals surface area contributed by atoms with E-state index in [0.717, 1.165) is 14.3 Å². The third-order valence-electron chi connectivity index (χ3n) is 6.92. The van der Waals surface area contributed by atoms with Gasteiger partial charge in [-0.2, -0.15) is 0 Å². The third kappa shape index (κ3) is 8.94. The Balaban J connectivity index is 1.79. The number of hydrogen-bond donors (Lipinski definition) is 1. The lowest BCUT2D eigenvalue weighted by Gasteiger charge is -2.34. The molecular formula is C34H35BrClN3O4S. The third-order valence-corrected chi connectivity index (χ3v) is 9.47. The maximum atomic E-state index is 14.4. The smallest absolute Gasteiger partial charge is 0.264 e. The number of nitrogens with zero attached hydrogens (tertiary/aromatic N) is 2. The van der Waals surface area contributed by atoms with Gasteiger partial charge in [0.25, 0.3) is 10.0 Å². The Morgan fingerprint density at radius 3 is 2.07 bits per heavy atom. The monoisotopic (exact) mass is 695 g/mol. The van der Waals surface area contributed by atoms with Gasteiger partial charge in [-0.25, -0.2) is 8.42 Å². The average molecular weight is 697 g/mol. The van der Waals surface area contributed by atoms with Crippen molar-refractivity contribution in [2.45, 2.75) is 37.8 Å². The molecule has 0 heterocycles. The molecule has 0 aliphatic carbocycles. The predicted molar refractivity (Wildman–Crippen MR) is 179 cm³/mol. The molecule has 4 aromatic rings. The summed E-state index contributed by atoms with van der Waals surface area (Å²) in [5.41, 5.74) is 1.89. The summed E-state index contributed by atoms with van der Waals surface area (Å²) in [6.07, 6.45) is 0.237. The molecule has 2 amide bonds. The number of sulfonamides is 1. The van der Waals surface area contributed by atoms with E-state index >= 15 is 0 Å². The summed E-state index contributed by atoms with van der Waals surface area (Å²) >= 11 is 9.69. The minimum Gasteiger partial charge on any atom is -0.354 e. The fraction of sp³-hybridized carbons (Fsp3) is 0.235. The number of benzene rings is 4. The summed E-state index contributed by atoms with van der Waals surface area (Å²) in [5, 5.41) is 3.47. The summed E-state index contributed by atoms with van der Waals surface area (Å²) in [6.45, 7) is 3.93. The second-order valence-electron chi connectivity index (χ2n) is 10.8. The minimum absolute atomic E-state index is 0.0472. The molecule has 10 heteroatoms. The SMILES string of the molecule is CC(C)CNC(=O)[C@@H](Cc1ccccc1)N(Cc1cccc(Cl)c1)C(=O)CN(c1ccc(Br)cc1)S(=O)(=O)c1ccccc1. The van der Waals surface area contributed by atoms with Crippen molar-refractivity contribution >= 4 is 55.1 Å². The van der Waals surface area contributed by atoms with Crippen molar-refractivity contribution in [1.82, 2.24) is 10.2 Å². The van der Waals surface area contributed by atoms with Crippen LogP contribution in [-0.4, -0.2) is 44.3 Å². The lowest BCUT2D eigenvalue weighted by atomic mass is 10.0. The van der Waals surface area contributed by atoms with Gasteiger partial charge in [-0.1, -0.05) is 102 Å². The lowest BCUT2D eigenvalue weighted by molar-refractivity contribution is -0.140. The number of carbonyl (C=O) groups excluding carboxylic acids is 2. The lowest BCUT2D eigenvalue weighted by Crippen LogP contribution is -2.53. The summed E-state index contributed by atoms with van der Waals surface area (Å²) in [5.74, 6) is -0.663. The molecule has 0 bridgehead atoms. The highest BCUT2D eigenvalue weighted by Crippen LogP contribution is 2.26. The maximum Gasteiger partial charge on any atom is 0.264 e. The molecule has 0 unspecified atom stereocenters. The Bertz CT molecular complexity index is 1650. The molecule has 1 atom stereocenters. The van der Waals surface area contributed by atoms with Crippen molar-refractivity contribution in [3.8, 4) is 0 Å². The van der Waals surface area contributed by atoms with E-state index in [4.69, 9.17) is 11.6 Å². The average Bonchev–Trinajstić information content (AvgIpc) is 3.01. The van der Waals surface area contributed by atoms with Crippen molar-refractivity contribution in [3.05, 3.63) is 130 Å². The van der Waals surface area contributed by atoms with E-state index < -0.39 is 28.5 Å². The fourth-order valence-electron chi connectivity index (χ4n) is 4.66. The summed E-state index contributed by atoms with van der Waals surface area (Å²) in [7, 11) is -4.15. The molecule has 0 saturated heterocycles. The van der Waals surface area contributed by atoms with Crippen LogP contribution in [0.4, 0.5) is 5.69 Å². The zero-order valence-corrected chi connectivity index (χ0v) is 27.7. The Morgan fingerprint density at radius 2 is 1.45 bits per heavy atom. The minimum atomic E-state index is -4.15. The number of amides is 2. The van der Waals surface area contributed by atoms with Gasteiger partial charge in [0, 0.05) is 29.0 Å². The van der Waals surface area contributed by atoms with Crippen molar-refractivity contribution < 1.29 is 18.0 Å². The van der Waals surface area contributed by atoms with Crippen LogP contribution in [-0.2, 0) is 32.6 Å². The van der Waals surface area contributed by atoms with E-state index in [-0.39, 0.29) is 29.7 Å². The van der Waals surface area contributed by atoms with Crippen LogP contribution in [0.25, 0.3) is 0 Å². The van der Waals surface area contributed by atoms with Gasteiger partial charge in [0.15, 0.2) is 0 Å². The highest BCUT2D eigenvalue weighted by atomic mass is 79.9. The quantitative estimate of drug-likeness (QED) is 0.168. The number of halogens is 2. The summed E-state index contributed by atoms with van der Waals surface area (Å²) in [6, 6.07) is 30.3. The van der Waals surface area contributed by atoms with Crippen molar-refractivity contribution in [2.75, 3.05) is 17.4 Å². The number of anilines is 1. The first-order valence-electron chi connectivity index (χ1n) is 14.2. The zero-order valence-electron chi connectivity index (χ0n) is 24.6. The van der Waals surface area contributed by atoms with E-state index in [1.165, 1.54) is 17.0 Å². The van der Waals surface area contributed by atoms with Crippen LogP contribution in [0.15, 0.2) is 119 Å². The molecule has 230 valence electrons. The van der Waals surface area contributed by atoms with Gasteiger partial charge in [0.2, 0.25) is 11.8 Å². The fourth-order valence-corrected chi connectivity index (χ4v) is 6.58. The van der Waals surface area contributed by atoms with Gasteiger partial charge in [0.1, 0.15) is 12.6 Å². The molecule has 0 aromatic heterocycles. The first-order chi connectivity index (χ1) is 21.0. The van der Waals surface area contributed by atoms with Crippen molar-refractivity contribution in [2.24, 2.45) is 5.92 Å². The van der Waals surface area contributed by atoms with E-state index in [1.54, 1.807) is 60.7 Å². The largest absolute Gasteiger partial charge is 0.354 e. The molecule has 4 rings (SSSR count). The van der Waals surface area contributed by atoms with Gasteiger partial charge in [-0.05, 0) is 65.6 Å². The molecule has 0 radical (unpaired) electrons. The van der Waals surface area contributed by atoms with Crippen LogP contribution < -0.4 is 9.62 Å². The molecular weight excluding hydrogens is 662 g/mol.